The summed E-state index contributed by atoms with van der Waals surface area (Å²) in [7, 11) is -3.64. The zero-order valence-corrected chi connectivity index (χ0v) is 16.4. The average molecular weight is 392 g/mol. The summed E-state index contributed by atoms with van der Waals surface area (Å²) >= 11 is 0. The predicted octanol–water partition coefficient (Wildman–Crippen LogP) is 2.98. The molecule has 2 aromatic carbocycles. The summed E-state index contributed by atoms with van der Waals surface area (Å²) in [4.78, 5) is 12.0. The molecule has 5 nitrogen and oxygen atoms in total. The second-order valence-corrected chi connectivity index (χ2v) is 8.37. The quantitative estimate of drug-likeness (QED) is 0.689. The van der Waals surface area contributed by atoms with Gasteiger partial charge in [-0.25, -0.2) is 17.5 Å². The van der Waals surface area contributed by atoms with E-state index in [9.17, 15) is 17.6 Å². The van der Waals surface area contributed by atoms with Crippen LogP contribution in [-0.2, 0) is 21.2 Å². The molecule has 0 radical (unpaired) electrons. The Morgan fingerprint density at radius 3 is 2.41 bits per heavy atom. The summed E-state index contributed by atoms with van der Waals surface area (Å²) in [6.45, 7) is 4.45. The number of amides is 1. The molecule has 1 amide bonds. The Bertz CT molecular complexity index is 865. The van der Waals surface area contributed by atoms with Gasteiger partial charge < -0.3 is 5.32 Å². The molecule has 0 fully saturated rings. The van der Waals surface area contributed by atoms with E-state index in [1.807, 2.05) is 13.8 Å². The first-order valence-corrected chi connectivity index (χ1v) is 10.4. The lowest BCUT2D eigenvalue weighted by Gasteiger charge is -2.09. The smallest absolute Gasteiger partial charge is 0.240 e. The molecule has 2 N–H and O–H groups in total. The van der Waals surface area contributed by atoms with E-state index >= 15 is 0 Å². The second kappa shape index (κ2) is 9.62. The molecule has 0 saturated heterocycles. The van der Waals surface area contributed by atoms with Gasteiger partial charge in [0.2, 0.25) is 15.9 Å². The summed E-state index contributed by atoms with van der Waals surface area (Å²) in [6.07, 6.45) is 0.546. The fraction of sp³-hybridized carbons (Fsp3) is 0.350. The van der Waals surface area contributed by atoms with Gasteiger partial charge in [0.1, 0.15) is 5.82 Å². The molecule has 0 unspecified atom stereocenters. The highest BCUT2D eigenvalue weighted by molar-refractivity contribution is 7.89. The third-order valence-corrected chi connectivity index (χ3v) is 5.60. The molecule has 0 aliphatic carbocycles. The highest BCUT2D eigenvalue weighted by Gasteiger charge is 2.14. The maximum absolute atomic E-state index is 13.1. The van der Waals surface area contributed by atoms with Crippen LogP contribution in [0.1, 0.15) is 37.3 Å². The largest absolute Gasteiger partial charge is 0.356 e. The monoisotopic (exact) mass is 392 g/mol. The Labute approximate surface area is 160 Å². The topological polar surface area (TPSA) is 75.3 Å². The number of hydrogen-bond donors (Lipinski definition) is 2. The molecule has 0 aliphatic heterocycles. The molecule has 27 heavy (non-hydrogen) atoms. The van der Waals surface area contributed by atoms with Gasteiger partial charge in [-0.3, -0.25) is 4.79 Å². The molecule has 0 saturated carbocycles. The van der Waals surface area contributed by atoms with E-state index in [0.29, 0.717) is 18.9 Å². The van der Waals surface area contributed by atoms with Crippen LogP contribution in [0.3, 0.4) is 0 Å². The number of benzene rings is 2. The third kappa shape index (κ3) is 6.77. The van der Waals surface area contributed by atoms with Gasteiger partial charge in [-0.2, -0.15) is 0 Å². The number of nitrogens with one attached hydrogen (secondary N) is 2. The lowest BCUT2D eigenvalue weighted by atomic mass is 10.0. The zero-order valence-electron chi connectivity index (χ0n) is 15.5. The minimum absolute atomic E-state index is 0.0140. The van der Waals surface area contributed by atoms with Gasteiger partial charge >= 0.3 is 0 Å². The Kier molecular flexibility index (Phi) is 7.50. The van der Waals surface area contributed by atoms with E-state index in [-0.39, 0.29) is 29.6 Å². The first-order valence-electron chi connectivity index (χ1n) is 8.89. The van der Waals surface area contributed by atoms with Crippen LogP contribution < -0.4 is 10.0 Å². The van der Waals surface area contributed by atoms with Crippen molar-refractivity contribution in [2.45, 2.75) is 37.5 Å². The molecular formula is C20H25FN2O3S. The summed E-state index contributed by atoms with van der Waals surface area (Å²) in [5.74, 6) is -0.246. The van der Waals surface area contributed by atoms with E-state index < -0.39 is 10.0 Å². The minimum Gasteiger partial charge on any atom is -0.356 e. The molecule has 7 heteroatoms. The van der Waals surface area contributed by atoms with Crippen LogP contribution in [0.15, 0.2) is 53.4 Å². The van der Waals surface area contributed by atoms with Gasteiger partial charge in [0, 0.05) is 19.5 Å². The molecule has 146 valence electrons. The van der Waals surface area contributed by atoms with Crippen molar-refractivity contribution in [2.75, 3.05) is 13.1 Å². The Morgan fingerprint density at radius 1 is 1.07 bits per heavy atom. The zero-order chi connectivity index (χ0) is 19.9. The van der Waals surface area contributed by atoms with Crippen molar-refractivity contribution >= 4 is 15.9 Å². The minimum atomic E-state index is -3.64. The van der Waals surface area contributed by atoms with Crippen molar-refractivity contribution in [3.8, 4) is 0 Å². The fourth-order valence-corrected chi connectivity index (χ4v) is 3.57. The summed E-state index contributed by atoms with van der Waals surface area (Å²) in [6, 6.07) is 12.9. The van der Waals surface area contributed by atoms with Gasteiger partial charge in [-0.15, -0.1) is 0 Å². The normalized spacial score (nSPS) is 11.6. The Hall–Kier alpha value is -2.25. The number of rotatable bonds is 9. The van der Waals surface area contributed by atoms with E-state index in [0.717, 1.165) is 11.1 Å². The number of hydrogen-bond acceptors (Lipinski definition) is 3. The molecule has 0 atom stereocenters. The van der Waals surface area contributed by atoms with E-state index in [1.165, 1.54) is 12.1 Å². The molecule has 0 aliphatic rings. The molecule has 0 spiro atoms. The SMILES string of the molecule is CC(C)c1ccc(S(=O)(=O)NCCC(=O)NCCc2cccc(F)c2)cc1. The first kappa shape index (κ1) is 21.1. The maximum Gasteiger partial charge on any atom is 0.240 e. The van der Waals surface area contributed by atoms with Gasteiger partial charge in [0.15, 0.2) is 0 Å². The van der Waals surface area contributed by atoms with E-state index in [4.69, 9.17) is 0 Å². The van der Waals surface area contributed by atoms with Crippen LogP contribution in [0.5, 0.6) is 0 Å². The number of carbonyl (C=O) groups is 1. The molecule has 2 aromatic rings. The third-order valence-electron chi connectivity index (χ3n) is 4.13. The molecule has 0 bridgehead atoms. The van der Waals surface area contributed by atoms with Crippen molar-refractivity contribution in [2.24, 2.45) is 0 Å². The summed E-state index contributed by atoms with van der Waals surface area (Å²) < 4.78 is 40.0. The Morgan fingerprint density at radius 2 is 1.78 bits per heavy atom. The van der Waals surface area contributed by atoms with Crippen molar-refractivity contribution in [3.63, 3.8) is 0 Å². The maximum atomic E-state index is 13.1. The Balaban J connectivity index is 1.74. The average Bonchev–Trinajstić information content (AvgIpc) is 2.61. The molecule has 0 heterocycles. The van der Waals surface area contributed by atoms with Crippen LogP contribution in [0, 0.1) is 5.82 Å². The van der Waals surface area contributed by atoms with E-state index in [2.05, 4.69) is 10.0 Å². The summed E-state index contributed by atoms with van der Waals surface area (Å²) in [5.41, 5.74) is 1.85. The van der Waals surface area contributed by atoms with Crippen LogP contribution in [0.4, 0.5) is 4.39 Å². The molecule has 2 rings (SSSR count). The summed E-state index contributed by atoms with van der Waals surface area (Å²) in [5, 5.41) is 2.70. The van der Waals surface area contributed by atoms with Gasteiger partial charge in [-0.05, 0) is 47.7 Å². The standard InChI is InChI=1S/C20H25FN2O3S/c1-15(2)17-6-8-19(9-7-17)27(25,26)23-13-11-20(24)22-12-10-16-4-3-5-18(21)14-16/h3-9,14-15,23H,10-13H2,1-2H3,(H,22,24). The van der Waals surface area contributed by atoms with Crippen LogP contribution in [0.25, 0.3) is 0 Å². The predicted molar refractivity (Wildman–Crippen MR) is 103 cm³/mol. The highest BCUT2D eigenvalue weighted by atomic mass is 32.2. The van der Waals surface area contributed by atoms with Crippen molar-refractivity contribution in [3.05, 3.63) is 65.5 Å². The lowest BCUT2D eigenvalue weighted by molar-refractivity contribution is -0.120. The van der Waals surface area contributed by atoms with Crippen molar-refractivity contribution < 1.29 is 17.6 Å². The van der Waals surface area contributed by atoms with Crippen LogP contribution in [-0.4, -0.2) is 27.4 Å². The molecule has 0 aromatic heterocycles. The fourth-order valence-electron chi connectivity index (χ4n) is 2.54. The number of carbonyl (C=O) groups excluding carboxylic acids is 1. The first-order chi connectivity index (χ1) is 12.8. The second-order valence-electron chi connectivity index (χ2n) is 6.60. The van der Waals surface area contributed by atoms with E-state index in [1.54, 1.807) is 36.4 Å². The van der Waals surface area contributed by atoms with Gasteiger partial charge in [-0.1, -0.05) is 38.1 Å². The number of sulfonamides is 1. The van der Waals surface area contributed by atoms with Crippen LogP contribution >= 0.6 is 0 Å². The van der Waals surface area contributed by atoms with Crippen LogP contribution in [0.2, 0.25) is 0 Å². The lowest BCUT2D eigenvalue weighted by Crippen LogP contribution is -2.31. The number of halogens is 1. The highest BCUT2D eigenvalue weighted by Crippen LogP contribution is 2.17. The van der Waals surface area contributed by atoms with Gasteiger partial charge in [0.05, 0.1) is 4.90 Å². The van der Waals surface area contributed by atoms with Gasteiger partial charge in [0.25, 0.3) is 0 Å². The molecular weight excluding hydrogens is 367 g/mol. The van der Waals surface area contributed by atoms with Crippen molar-refractivity contribution in [1.82, 2.24) is 10.0 Å². The van der Waals surface area contributed by atoms with Crippen molar-refractivity contribution in [1.29, 1.82) is 0 Å².